The molecule has 0 saturated carbocycles. The maximum atomic E-state index is 11.0. The molecule has 0 aliphatic carbocycles. The van der Waals surface area contributed by atoms with E-state index in [0.717, 1.165) is 15.6 Å². The summed E-state index contributed by atoms with van der Waals surface area (Å²) < 4.78 is 6.60. The first-order chi connectivity index (χ1) is 7.95. The van der Waals surface area contributed by atoms with E-state index in [1.807, 2.05) is 26.1 Å². The van der Waals surface area contributed by atoms with E-state index in [1.165, 1.54) is 0 Å². The minimum absolute atomic E-state index is 0.470. The van der Waals surface area contributed by atoms with Gasteiger partial charge in [-0.05, 0) is 38.6 Å². The van der Waals surface area contributed by atoms with Crippen molar-refractivity contribution < 1.29 is 9.53 Å². The Labute approximate surface area is 110 Å². The van der Waals surface area contributed by atoms with Gasteiger partial charge in [0.2, 0.25) is 0 Å². The van der Waals surface area contributed by atoms with Gasteiger partial charge in [0.25, 0.3) is 5.91 Å². The molecule has 0 radical (unpaired) electrons. The lowest BCUT2D eigenvalue weighted by molar-refractivity contribution is -0.124. The van der Waals surface area contributed by atoms with Gasteiger partial charge in [0.15, 0.2) is 6.10 Å². The Balaban J connectivity index is 3.07. The molecule has 4 nitrogen and oxygen atoms in total. The van der Waals surface area contributed by atoms with Gasteiger partial charge in [0.05, 0.1) is 0 Å². The third-order valence-electron chi connectivity index (χ3n) is 2.38. The topological polar surface area (TPSA) is 64.3 Å². The summed E-state index contributed by atoms with van der Waals surface area (Å²) in [4.78, 5) is 11.0. The predicted octanol–water partition coefficient (Wildman–Crippen LogP) is 1.73. The summed E-state index contributed by atoms with van der Waals surface area (Å²) >= 11 is 3.44. The summed E-state index contributed by atoms with van der Waals surface area (Å²) in [6, 6.07) is 3.91. The van der Waals surface area contributed by atoms with Gasteiger partial charge in [0, 0.05) is 16.6 Å². The first-order valence-electron chi connectivity index (χ1n) is 5.35. The molecule has 0 saturated heterocycles. The number of hydrogen-bond donors (Lipinski definition) is 2. The van der Waals surface area contributed by atoms with Gasteiger partial charge in [-0.2, -0.15) is 0 Å². The fraction of sp³-hybridized carbons (Fsp3) is 0.417. The van der Waals surface area contributed by atoms with Crippen molar-refractivity contribution in [1.82, 2.24) is 5.32 Å². The zero-order chi connectivity index (χ0) is 13.0. The minimum atomic E-state index is -0.634. The second-order valence-corrected chi connectivity index (χ2v) is 4.82. The number of benzene rings is 1. The van der Waals surface area contributed by atoms with Crippen molar-refractivity contribution in [3.8, 4) is 5.75 Å². The Bertz CT molecular complexity index is 421. The Kier molecular flexibility index (Phi) is 4.96. The molecule has 17 heavy (non-hydrogen) atoms. The predicted molar refractivity (Wildman–Crippen MR) is 70.9 cm³/mol. The highest BCUT2D eigenvalue weighted by atomic mass is 79.9. The van der Waals surface area contributed by atoms with Crippen LogP contribution in [0.25, 0.3) is 0 Å². The number of hydrogen-bond acceptors (Lipinski definition) is 3. The van der Waals surface area contributed by atoms with Gasteiger partial charge in [0.1, 0.15) is 5.75 Å². The third-order valence-corrected chi connectivity index (χ3v) is 2.84. The Morgan fingerprint density at radius 3 is 2.76 bits per heavy atom. The quantitative estimate of drug-likeness (QED) is 0.870. The molecule has 1 amide bonds. The first kappa shape index (κ1) is 14.0. The number of amides is 1. The van der Waals surface area contributed by atoms with Crippen molar-refractivity contribution in [2.45, 2.75) is 26.5 Å². The van der Waals surface area contributed by atoms with Crippen molar-refractivity contribution in [1.29, 1.82) is 0 Å². The molecule has 0 aliphatic heterocycles. The first-order valence-corrected chi connectivity index (χ1v) is 6.14. The highest BCUT2D eigenvalue weighted by molar-refractivity contribution is 9.10. The van der Waals surface area contributed by atoms with Crippen LogP contribution >= 0.6 is 15.9 Å². The molecule has 1 unspecified atom stereocenters. The number of primary amides is 1. The van der Waals surface area contributed by atoms with E-state index in [2.05, 4.69) is 21.2 Å². The Morgan fingerprint density at radius 1 is 1.59 bits per heavy atom. The number of nitrogens with one attached hydrogen (secondary N) is 1. The van der Waals surface area contributed by atoms with Crippen LogP contribution in [-0.2, 0) is 11.3 Å². The summed E-state index contributed by atoms with van der Waals surface area (Å²) in [6.07, 6.45) is -0.634. The summed E-state index contributed by atoms with van der Waals surface area (Å²) in [5.41, 5.74) is 7.16. The Hall–Kier alpha value is -1.07. The van der Waals surface area contributed by atoms with Crippen molar-refractivity contribution in [2.24, 2.45) is 5.73 Å². The van der Waals surface area contributed by atoms with Crippen LogP contribution in [-0.4, -0.2) is 19.1 Å². The zero-order valence-electron chi connectivity index (χ0n) is 10.2. The summed E-state index contributed by atoms with van der Waals surface area (Å²) in [7, 11) is 1.86. The molecule has 0 aromatic heterocycles. The van der Waals surface area contributed by atoms with Crippen molar-refractivity contribution in [2.75, 3.05) is 7.05 Å². The van der Waals surface area contributed by atoms with E-state index >= 15 is 0 Å². The normalized spacial score (nSPS) is 12.2. The molecule has 1 aromatic carbocycles. The van der Waals surface area contributed by atoms with E-state index in [0.29, 0.717) is 12.3 Å². The fourth-order valence-corrected chi connectivity index (χ4v) is 2.14. The molecule has 94 valence electrons. The highest BCUT2D eigenvalue weighted by Gasteiger charge is 2.15. The van der Waals surface area contributed by atoms with Crippen LogP contribution in [0.15, 0.2) is 16.6 Å². The van der Waals surface area contributed by atoms with Crippen LogP contribution in [0.3, 0.4) is 0 Å². The summed E-state index contributed by atoms with van der Waals surface area (Å²) in [6.45, 7) is 4.25. The van der Waals surface area contributed by atoms with Gasteiger partial charge < -0.3 is 15.8 Å². The fourth-order valence-electron chi connectivity index (χ4n) is 1.52. The molecular weight excluding hydrogens is 284 g/mol. The lowest BCUT2D eigenvalue weighted by Gasteiger charge is -2.17. The largest absolute Gasteiger partial charge is 0.480 e. The minimum Gasteiger partial charge on any atom is -0.480 e. The van der Waals surface area contributed by atoms with Crippen LogP contribution in [0.2, 0.25) is 0 Å². The number of carbonyl (C=O) groups excluding carboxylic acids is 1. The second-order valence-electron chi connectivity index (χ2n) is 3.90. The molecule has 3 N–H and O–H groups in total. The van der Waals surface area contributed by atoms with E-state index in [-0.39, 0.29) is 0 Å². The average molecular weight is 301 g/mol. The number of rotatable bonds is 5. The van der Waals surface area contributed by atoms with Crippen molar-refractivity contribution >= 4 is 21.8 Å². The van der Waals surface area contributed by atoms with Crippen LogP contribution in [0.1, 0.15) is 18.1 Å². The van der Waals surface area contributed by atoms with Crippen LogP contribution < -0.4 is 15.8 Å². The lowest BCUT2D eigenvalue weighted by atomic mass is 10.1. The molecule has 0 aliphatic rings. The number of aryl methyl sites for hydroxylation is 1. The number of nitrogens with two attached hydrogens (primary N) is 1. The van der Waals surface area contributed by atoms with Gasteiger partial charge in [-0.15, -0.1) is 0 Å². The van der Waals surface area contributed by atoms with Gasteiger partial charge >= 0.3 is 0 Å². The molecule has 1 aromatic rings. The maximum absolute atomic E-state index is 11.0. The van der Waals surface area contributed by atoms with Gasteiger partial charge in [-0.3, -0.25) is 4.79 Å². The molecule has 0 bridgehead atoms. The summed E-state index contributed by atoms with van der Waals surface area (Å²) in [5, 5.41) is 3.06. The molecule has 0 fully saturated rings. The molecule has 5 heteroatoms. The van der Waals surface area contributed by atoms with Crippen LogP contribution in [0.5, 0.6) is 5.75 Å². The number of halogens is 1. The maximum Gasteiger partial charge on any atom is 0.258 e. The number of carbonyl (C=O) groups is 1. The third kappa shape index (κ3) is 3.71. The van der Waals surface area contributed by atoms with Crippen LogP contribution in [0.4, 0.5) is 0 Å². The van der Waals surface area contributed by atoms with E-state index in [4.69, 9.17) is 10.5 Å². The molecule has 1 atom stereocenters. The van der Waals surface area contributed by atoms with Gasteiger partial charge in [-0.1, -0.05) is 15.9 Å². The molecular formula is C12H17BrN2O2. The average Bonchev–Trinajstić information content (AvgIpc) is 2.23. The van der Waals surface area contributed by atoms with Gasteiger partial charge in [-0.25, -0.2) is 0 Å². The highest BCUT2D eigenvalue weighted by Crippen LogP contribution is 2.28. The lowest BCUT2D eigenvalue weighted by Crippen LogP contribution is -2.31. The molecule has 0 spiro atoms. The van der Waals surface area contributed by atoms with E-state index in [9.17, 15) is 4.79 Å². The second kappa shape index (κ2) is 6.02. The molecule has 1 rings (SSSR count). The van der Waals surface area contributed by atoms with E-state index in [1.54, 1.807) is 6.92 Å². The smallest absolute Gasteiger partial charge is 0.258 e. The van der Waals surface area contributed by atoms with Crippen molar-refractivity contribution in [3.63, 3.8) is 0 Å². The van der Waals surface area contributed by atoms with Crippen molar-refractivity contribution in [3.05, 3.63) is 27.7 Å². The Morgan fingerprint density at radius 2 is 2.24 bits per heavy atom. The monoisotopic (exact) mass is 300 g/mol. The van der Waals surface area contributed by atoms with E-state index < -0.39 is 12.0 Å². The number of ether oxygens (including phenoxy) is 1. The van der Waals surface area contributed by atoms with Crippen LogP contribution in [0, 0.1) is 6.92 Å². The standard InChI is InChI=1S/C12H17BrN2O2/c1-7-4-10(13)5-9(6-15-3)11(7)17-8(2)12(14)16/h4-5,8,15H,6H2,1-3H3,(H2,14,16). The SMILES string of the molecule is CNCc1cc(Br)cc(C)c1OC(C)C(N)=O. The zero-order valence-corrected chi connectivity index (χ0v) is 11.8. The molecule has 0 heterocycles. The summed E-state index contributed by atoms with van der Waals surface area (Å²) in [5.74, 6) is 0.247.